The third-order valence-electron chi connectivity index (χ3n) is 5.40. The van der Waals surface area contributed by atoms with Crippen LogP contribution in [0.5, 0.6) is 5.88 Å². The number of rotatable bonds is 8. The highest BCUT2D eigenvalue weighted by molar-refractivity contribution is 7.05. The lowest BCUT2D eigenvalue weighted by atomic mass is 10.1. The number of pyridine rings is 3. The second-order valence-electron chi connectivity index (χ2n) is 8.24. The number of ether oxygens (including phenoxy) is 1. The zero-order valence-corrected chi connectivity index (χ0v) is 21.7. The Morgan fingerprint density at radius 3 is 2.42 bits per heavy atom. The number of amides is 1. The lowest BCUT2D eigenvalue weighted by molar-refractivity contribution is 0.0946. The molecule has 5 heterocycles. The SMILES string of the molecule is COc1ccc(-c2ccc(CNC(=O)c3ccc(-c4nc(C)cc(Nc5nsc(C)n5)n4)cn3)cn2)cn1. The van der Waals surface area contributed by atoms with Crippen molar-refractivity contribution in [2.45, 2.75) is 20.4 Å². The first-order valence-corrected chi connectivity index (χ1v) is 12.4. The fraction of sp³-hybridized carbons (Fsp3) is 0.154. The van der Waals surface area contributed by atoms with Gasteiger partial charge in [-0.15, -0.1) is 0 Å². The maximum Gasteiger partial charge on any atom is 0.270 e. The van der Waals surface area contributed by atoms with Crippen LogP contribution >= 0.6 is 11.5 Å². The Morgan fingerprint density at radius 1 is 0.921 bits per heavy atom. The topological polar surface area (TPSA) is 141 Å². The minimum atomic E-state index is -0.294. The summed E-state index contributed by atoms with van der Waals surface area (Å²) in [6, 6.07) is 12.7. The van der Waals surface area contributed by atoms with E-state index in [1.54, 1.807) is 43.9 Å². The molecule has 1 amide bonds. The Hall–Kier alpha value is -4.84. The van der Waals surface area contributed by atoms with E-state index in [2.05, 4.69) is 44.9 Å². The van der Waals surface area contributed by atoms with Crippen LogP contribution in [0.25, 0.3) is 22.6 Å². The minimum absolute atomic E-state index is 0.288. The molecular weight excluding hydrogens is 502 g/mol. The van der Waals surface area contributed by atoms with Crippen LogP contribution in [-0.4, -0.2) is 47.3 Å². The Balaban J connectivity index is 1.21. The molecule has 5 rings (SSSR count). The number of methoxy groups -OCH3 is 1. The Labute approximate surface area is 222 Å². The van der Waals surface area contributed by atoms with E-state index in [0.29, 0.717) is 35.6 Å². The van der Waals surface area contributed by atoms with Gasteiger partial charge in [-0.2, -0.15) is 4.37 Å². The van der Waals surface area contributed by atoms with Crippen molar-refractivity contribution in [2.75, 3.05) is 12.4 Å². The van der Waals surface area contributed by atoms with Crippen molar-refractivity contribution in [3.63, 3.8) is 0 Å². The summed E-state index contributed by atoms with van der Waals surface area (Å²) in [4.78, 5) is 39.0. The zero-order valence-electron chi connectivity index (χ0n) is 20.8. The molecular formula is C26H23N9O2S. The molecule has 0 fully saturated rings. The molecule has 2 N–H and O–H groups in total. The molecule has 0 aromatic carbocycles. The fourth-order valence-electron chi connectivity index (χ4n) is 3.51. The second kappa shape index (κ2) is 11.0. The lowest BCUT2D eigenvalue weighted by Gasteiger charge is -2.08. The van der Waals surface area contributed by atoms with Crippen molar-refractivity contribution in [2.24, 2.45) is 0 Å². The van der Waals surface area contributed by atoms with Gasteiger partial charge in [-0.25, -0.2) is 19.9 Å². The Kier molecular flexibility index (Phi) is 7.22. The Bertz CT molecular complexity index is 1550. The highest BCUT2D eigenvalue weighted by Gasteiger charge is 2.11. The number of anilines is 2. The molecule has 38 heavy (non-hydrogen) atoms. The van der Waals surface area contributed by atoms with E-state index in [9.17, 15) is 4.79 Å². The van der Waals surface area contributed by atoms with Gasteiger partial charge in [0.15, 0.2) is 5.82 Å². The summed E-state index contributed by atoms with van der Waals surface area (Å²) >= 11 is 1.31. The molecule has 0 radical (unpaired) electrons. The fourth-order valence-corrected chi connectivity index (χ4v) is 3.94. The zero-order chi connectivity index (χ0) is 26.5. The van der Waals surface area contributed by atoms with Crippen LogP contribution in [0, 0.1) is 13.8 Å². The van der Waals surface area contributed by atoms with Crippen LogP contribution in [0.3, 0.4) is 0 Å². The van der Waals surface area contributed by atoms with Crippen molar-refractivity contribution in [3.05, 3.63) is 83.0 Å². The first kappa shape index (κ1) is 24.8. The van der Waals surface area contributed by atoms with Gasteiger partial charge in [0, 0.05) is 54.1 Å². The van der Waals surface area contributed by atoms with Crippen molar-refractivity contribution < 1.29 is 9.53 Å². The van der Waals surface area contributed by atoms with Crippen molar-refractivity contribution in [1.82, 2.24) is 39.6 Å². The third kappa shape index (κ3) is 5.93. The van der Waals surface area contributed by atoms with E-state index in [4.69, 9.17) is 4.74 Å². The number of aryl methyl sites for hydroxylation is 2. The monoisotopic (exact) mass is 525 g/mol. The van der Waals surface area contributed by atoms with Gasteiger partial charge in [0.2, 0.25) is 11.8 Å². The van der Waals surface area contributed by atoms with Gasteiger partial charge in [0.05, 0.1) is 12.8 Å². The molecule has 0 aliphatic rings. The molecule has 12 heteroatoms. The largest absolute Gasteiger partial charge is 0.481 e. The minimum Gasteiger partial charge on any atom is -0.481 e. The molecule has 0 saturated heterocycles. The standard InChI is InChI=1S/C26H23N9O2S/c1-15-10-22(34-26-32-16(2)38-35-26)33-24(31-15)19-5-8-21(28-14-19)25(36)30-12-17-4-7-20(27-11-17)18-6-9-23(37-3)29-13-18/h4-11,13-14H,12H2,1-3H3,(H,30,36)(H,31,33,34,35). The molecule has 0 spiro atoms. The first-order chi connectivity index (χ1) is 18.5. The number of carbonyl (C=O) groups excluding carboxylic acids is 1. The number of hydrogen-bond donors (Lipinski definition) is 2. The lowest BCUT2D eigenvalue weighted by Crippen LogP contribution is -2.23. The van der Waals surface area contributed by atoms with Gasteiger partial charge in [-0.1, -0.05) is 6.07 Å². The highest BCUT2D eigenvalue weighted by Crippen LogP contribution is 2.21. The van der Waals surface area contributed by atoms with E-state index in [-0.39, 0.29) is 11.6 Å². The summed E-state index contributed by atoms with van der Waals surface area (Å²) < 4.78 is 9.31. The van der Waals surface area contributed by atoms with Crippen LogP contribution < -0.4 is 15.4 Å². The Morgan fingerprint density at radius 2 is 1.76 bits per heavy atom. The van der Waals surface area contributed by atoms with E-state index in [1.807, 2.05) is 38.1 Å². The van der Waals surface area contributed by atoms with Crippen LogP contribution in [-0.2, 0) is 6.54 Å². The third-order valence-corrected chi connectivity index (χ3v) is 6.01. The first-order valence-electron chi connectivity index (χ1n) is 11.6. The van der Waals surface area contributed by atoms with Gasteiger partial charge in [-0.3, -0.25) is 14.8 Å². The number of carbonyl (C=O) groups is 1. The smallest absolute Gasteiger partial charge is 0.270 e. The quantitative estimate of drug-likeness (QED) is 0.303. The molecule has 0 atom stereocenters. The van der Waals surface area contributed by atoms with Crippen LogP contribution in [0.4, 0.5) is 11.8 Å². The predicted molar refractivity (Wildman–Crippen MR) is 143 cm³/mol. The van der Waals surface area contributed by atoms with Crippen molar-refractivity contribution >= 4 is 29.2 Å². The van der Waals surface area contributed by atoms with Gasteiger partial charge >= 0.3 is 0 Å². The molecule has 5 aromatic rings. The highest BCUT2D eigenvalue weighted by atomic mass is 32.1. The van der Waals surface area contributed by atoms with E-state index < -0.39 is 0 Å². The second-order valence-corrected chi connectivity index (χ2v) is 9.19. The van der Waals surface area contributed by atoms with Gasteiger partial charge in [-0.05, 0) is 55.2 Å². The molecule has 0 aliphatic carbocycles. The summed E-state index contributed by atoms with van der Waals surface area (Å²) in [5, 5.41) is 6.82. The normalized spacial score (nSPS) is 10.7. The maximum absolute atomic E-state index is 12.7. The predicted octanol–water partition coefficient (Wildman–Crippen LogP) is 4.15. The van der Waals surface area contributed by atoms with Gasteiger partial charge in [0.25, 0.3) is 5.91 Å². The molecule has 0 bridgehead atoms. The molecule has 190 valence electrons. The number of aromatic nitrogens is 7. The summed E-state index contributed by atoms with van der Waals surface area (Å²) in [6.07, 6.45) is 5.01. The molecule has 0 unspecified atom stereocenters. The van der Waals surface area contributed by atoms with Crippen LogP contribution in [0.2, 0.25) is 0 Å². The van der Waals surface area contributed by atoms with Crippen LogP contribution in [0.1, 0.15) is 26.8 Å². The van der Waals surface area contributed by atoms with E-state index in [1.165, 1.54) is 11.5 Å². The summed E-state index contributed by atoms with van der Waals surface area (Å²) in [5.74, 6) is 1.80. The maximum atomic E-state index is 12.7. The van der Waals surface area contributed by atoms with Crippen molar-refractivity contribution in [3.8, 4) is 28.5 Å². The number of nitrogens with one attached hydrogen (secondary N) is 2. The number of nitrogens with zero attached hydrogens (tertiary/aromatic N) is 7. The van der Waals surface area contributed by atoms with Gasteiger partial charge < -0.3 is 15.4 Å². The molecule has 5 aromatic heterocycles. The molecule has 0 aliphatic heterocycles. The molecule has 0 saturated carbocycles. The van der Waals surface area contributed by atoms with Crippen molar-refractivity contribution in [1.29, 1.82) is 0 Å². The van der Waals surface area contributed by atoms with E-state index in [0.717, 1.165) is 27.5 Å². The number of hydrogen-bond acceptors (Lipinski definition) is 11. The summed E-state index contributed by atoms with van der Waals surface area (Å²) in [5.41, 5.74) is 4.26. The average molecular weight is 526 g/mol. The summed E-state index contributed by atoms with van der Waals surface area (Å²) in [7, 11) is 1.57. The van der Waals surface area contributed by atoms with E-state index >= 15 is 0 Å². The summed E-state index contributed by atoms with van der Waals surface area (Å²) in [6.45, 7) is 4.08. The van der Waals surface area contributed by atoms with Gasteiger partial charge in [0.1, 0.15) is 16.5 Å². The molecule has 11 nitrogen and oxygen atoms in total. The van der Waals surface area contributed by atoms with Crippen LogP contribution in [0.15, 0.2) is 61.1 Å². The average Bonchev–Trinajstić information content (AvgIpc) is 3.36.